The highest BCUT2D eigenvalue weighted by atomic mass is 35.5. The van der Waals surface area contributed by atoms with E-state index < -0.39 is 5.60 Å². The third-order valence-corrected chi connectivity index (χ3v) is 7.09. The van der Waals surface area contributed by atoms with Crippen LogP contribution in [0.5, 0.6) is 11.5 Å². The third kappa shape index (κ3) is 3.61. The number of ether oxygens (including phenoxy) is 1. The number of benzene rings is 2. The molecule has 1 saturated heterocycles. The minimum Gasteiger partial charge on any atom is -0.504 e. The number of likely N-dealkylation sites (tertiary alicyclic amines) is 1. The molecule has 28 heavy (non-hydrogen) atoms. The maximum Gasteiger partial charge on any atom is 0.160 e. The maximum absolute atomic E-state index is 11.4. The van der Waals surface area contributed by atoms with Gasteiger partial charge in [-0.25, -0.2) is 0 Å². The van der Waals surface area contributed by atoms with Crippen LogP contribution in [0.25, 0.3) is 0 Å². The van der Waals surface area contributed by atoms with Crippen LogP contribution in [-0.4, -0.2) is 29.5 Å². The van der Waals surface area contributed by atoms with Crippen molar-refractivity contribution in [3.63, 3.8) is 0 Å². The van der Waals surface area contributed by atoms with Gasteiger partial charge in [0.1, 0.15) is 12.6 Å². The van der Waals surface area contributed by atoms with E-state index in [1.165, 1.54) is 4.90 Å². The van der Waals surface area contributed by atoms with Gasteiger partial charge < -0.3 is 19.8 Å². The SMILES string of the molecule is COc1cc([C@@H]2[C@@H]3CCCC[C@@]3(O)CC[NH+]2Cc2ccccc2Cl)ccc1O. The van der Waals surface area contributed by atoms with Gasteiger partial charge in [0.2, 0.25) is 0 Å². The number of halogens is 1. The molecule has 0 bridgehead atoms. The number of quaternary nitrogens is 1. The highest BCUT2D eigenvalue weighted by Crippen LogP contribution is 2.45. The fourth-order valence-electron chi connectivity index (χ4n) is 5.29. The first kappa shape index (κ1) is 19.6. The number of hydrogen-bond donors (Lipinski definition) is 3. The molecule has 4 nitrogen and oxygen atoms in total. The van der Waals surface area contributed by atoms with E-state index in [1.54, 1.807) is 13.2 Å². The molecular weight excluding hydrogens is 374 g/mol. The standard InChI is InChI=1S/C23H28ClNO3/c1-28-21-14-16(9-10-20(21)26)22-18-7-4-5-11-23(18,27)12-13-25(22)15-17-6-2-3-8-19(17)24/h2-3,6,8-10,14,18,22,26-27H,4-5,7,11-13,15H2,1H3/p+1/t18-,22+,23+/m0/s1. The predicted molar refractivity (Wildman–Crippen MR) is 110 cm³/mol. The fraction of sp³-hybridized carbons (Fsp3) is 0.478. The normalized spacial score (nSPS) is 29.9. The molecule has 1 saturated carbocycles. The van der Waals surface area contributed by atoms with Crippen molar-refractivity contribution in [2.24, 2.45) is 5.92 Å². The lowest BCUT2D eigenvalue weighted by molar-refractivity contribution is -0.958. The lowest BCUT2D eigenvalue weighted by Gasteiger charge is -2.50. The van der Waals surface area contributed by atoms with Crippen molar-refractivity contribution in [3.05, 3.63) is 58.6 Å². The number of hydrogen-bond acceptors (Lipinski definition) is 3. The van der Waals surface area contributed by atoms with E-state index >= 15 is 0 Å². The van der Waals surface area contributed by atoms with Crippen molar-refractivity contribution in [3.8, 4) is 11.5 Å². The minimum absolute atomic E-state index is 0.143. The fourth-order valence-corrected chi connectivity index (χ4v) is 5.50. The lowest BCUT2D eigenvalue weighted by Crippen LogP contribution is -3.13. The second-order valence-electron chi connectivity index (χ2n) is 8.29. The summed E-state index contributed by atoms with van der Waals surface area (Å²) in [4.78, 5) is 1.41. The first-order chi connectivity index (χ1) is 13.5. The Morgan fingerprint density at radius 3 is 2.79 bits per heavy atom. The first-order valence-corrected chi connectivity index (χ1v) is 10.6. The Labute approximate surface area is 171 Å². The molecule has 2 fully saturated rings. The number of piperidine rings is 1. The van der Waals surface area contributed by atoms with Crippen LogP contribution in [-0.2, 0) is 6.54 Å². The molecule has 2 aromatic rings. The van der Waals surface area contributed by atoms with Gasteiger partial charge in [-0.2, -0.15) is 0 Å². The molecule has 3 N–H and O–H groups in total. The number of rotatable bonds is 4. The van der Waals surface area contributed by atoms with E-state index in [9.17, 15) is 10.2 Å². The van der Waals surface area contributed by atoms with Crippen LogP contribution in [0.3, 0.4) is 0 Å². The summed E-state index contributed by atoms with van der Waals surface area (Å²) in [6.45, 7) is 1.71. The van der Waals surface area contributed by atoms with Gasteiger partial charge in [-0.15, -0.1) is 0 Å². The Morgan fingerprint density at radius 1 is 1.18 bits per heavy atom. The molecule has 5 heteroatoms. The van der Waals surface area contributed by atoms with Gasteiger partial charge in [-0.1, -0.05) is 42.6 Å². The quantitative estimate of drug-likeness (QED) is 0.733. The maximum atomic E-state index is 11.4. The van der Waals surface area contributed by atoms with E-state index in [1.807, 2.05) is 30.3 Å². The summed E-state index contributed by atoms with van der Waals surface area (Å²) in [5.74, 6) is 0.829. The molecule has 2 aliphatic rings. The van der Waals surface area contributed by atoms with Crippen molar-refractivity contribution in [1.29, 1.82) is 0 Å². The van der Waals surface area contributed by atoms with Crippen LogP contribution in [0.15, 0.2) is 42.5 Å². The van der Waals surface area contributed by atoms with Crippen LogP contribution >= 0.6 is 11.6 Å². The smallest absolute Gasteiger partial charge is 0.160 e. The summed E-state index contributed by atoms with van der Waals surface area (Å²) < 4.78 is 5.37. The molecule has 2 aromatic carbocycles. The zero-order valence-corrected chi connectivity index (χ0v) is 17.1. The molecular formula is C23H29ClNO3+. The van der Waals surface area contributed by atoms with Gasteiger partial charge in [-0.3, -0.25) is 0 Å². The Hall–Kier alpha value is -1.75. The van der Waals surface area contributed by atoms with E-state index in [0.717, 1.165) is 61.3 Å². The van der Waals surface area contributed by atoms with Crippen molar-refractivity contribution in [2.75, 3.05) is 13.7 Å². The number of nitrogens with one attached hydrogen (secondary N) is 1. The van der Waals surface area contributed by atoms with Gasteiger partial charge >= 0.3 is 0 Å². The second kappa shape index (κ2) is 7.94. The van der Waals surface area contributed by atoms with Crippen LogP contribution in [0.2, 0.25) is 5.02 Å². The highest BCUT2D eigenvalue weighted by Gasteiger charge is 2.51. The average molecular weight is 403 g/mol. The van der Waals surface area contributed by atoms with E-state index in [4.69, 9.17) is 16.3 Å². The largest absolute Gasteiger partial charge is 0.504 e. The number of aromatic hydroxyl groups is 1. The summed E-state index contributed by atoms with van der Waals surface area (Å²) >= 11 is 6.45. The van der Waals surface area contributed by atoms with Crippen LogP contribution in [0, 0.1) is 5.92 Å². The molecule has 0 spiro atoms. The lowest BCUT2D eigenvalue weighted by atomic mass is 9.66. The number of fused-ring (bicyclic) bond motifs is 1. The van der Waals surface area contributed by atoms with Gasteiger partial charge in [0.25, 0.3) is 0 Å². The van der Waals surface area contributed by atoms with E-state index in [0.29, 0.717) is 5.75 Å². The molecule has 1 aliphatic heterocycles. The summed E-state index contributed by atoms with van der Waals surface area (Å²) in [5.41, 5.74) is 1.65. The summed E-state index contributed by atoms with van der Waals surface area (Å²) in [5, 5.41) is 22.3. The van der Waals surface area contributed by atoms with Crippen molar-refractivity contribution in [2.45, 2.75) is 50.3 Å². The molecule has 0 aromatic heterocycles. The third-order valence-electron chi connectivity index (χ3n) is 6.72. The highest BCUT2D eigenvalue weighted by molar-refractivity contribution is 6.31. The zero-order chi connectivity index (χ0) is 19.7. The zero-order valence-electron chi connectivity index (χ0n) is 16.3. The summed E-state index contributed by atoms with van der Waals surface area (Å²) in [6.07, 6.45) is 4.97. The number of phenolic OH excluding ortho intramolecular Hbond substituents is 1. The molecule has 4 atom stereocenters. The molecule has 4 rings (SSSR count). The monoisotopic (exact) mass is 402 g/mol. The van der Waals surface area contributed by atoms with Crippen LogP contribution in [0.4, 0.5) is 0 Å². The molecule has 1 heterocycles. The van der Waals surface area contributed by atoms with Crippen molar-refractivity contribution in [1.82, 2.24) is 0 Å². The van der Waals surface area contributed by atoms with Gasteiger partial charge in [-0.05, 0) is 37.1 Å². The molecule has 0 radical (unpaired) electrons. The summed E-state index contributed by atoms with van der Waals surface area (Å²) in [6, 6.07) is 13.8. The van der Waals surface area contributed by atoms with E-state index in [-0.39, 0.29) is 17.7 Å². The Kier molecular flexibility index (Phi) is 5.55. The number of methoxy groups -OCH3 is 1. The molecule has 1 aliphatic carbocycles. The first-order valence-electron chi connectivity index (χ1n) is 10.2. The van der Waals surface area contributed by atoms with Gasteiger partial charge in [0, 0.05) is 28.5 Å². The Bertz CT molecular complexity index is 842. The van der Waals surface area contributed by atoms with Crippen LogP contribution < -0.4 is 9.64 Å². The Morgan fingerprint density at radius 2 is 2.00 bits per heavy atom. The Balaban J connectivity index is 1.73. The van der Waals surface area contributed by atoms with Crippen molar-refractivity contribution < 1.29 is 19.8 Å². The molecule has 0 amide bonds. The predicted octanol–water partition coefficient (Wildman–Crippen LogP) is 3.51. The second-order valence-corrected chi connectivity index (χ2v) is 8.70. The summed E-state index contributed by atoms with van der Waals surface area (Å²) in [7, 11) is 1.57. The van der Waals surface area contributed by atoms with Gasteiger partial charge in [0.15, 0.2) is 11.5 Å². The molecule has 150 valence electrons. The topological polar surface area (TPSA) is 54.1 Å². The average Bonchev–Trinajstić information content (AvgIpc) is 2.70. The number of aliphatic hydroxyl groups is 1. The van der Waals surface area contributed by atoms with Crippen molar-refractivity contribution >= 4 is 11.6 Å². The van der Waals surface area contributed by atoms with Gasteiger partial charge in [0.05, 0.1) is 19.3 Å². The minimum atomic E-state index is -0.599. The van der Waals surface area contributed by atoms with E-state index in [2.05, 4.69) is 6.07 Å². The van der Waals surface area contributed by atoms with Crippen LogP contribution in [0.1, 0.15) is 49.3 Å². The number of phenols is 1. The molecule has 1 unspecified atom stereocenters.